The Balaban J connectivity index is 1.92. The van der Waals surface area contributed by atoms with Gasteiger partial charge >= 0.3 is 0 Å². The van der Waals surface area contributed by atoms with Crippen molar-refractivity contribution in [3.05, 3.63) is 65.9 Å². The summed E-state index contributed by atoms with van der Waals surface area (Å²) in [6.45, 7) is 2.68. The first kappa shape index (κ1) is 13.4. The highest BCUT2D eigenvalue weighted by Crippen LogP contribution is 2.22. The topological polar surface area (TPSA) is 39.9 Å². The van der Waals surface area contributed by atoms with Gasteiger partial charge in [-0.3, -0.25) is 0 Å². The first-order valence-electron chi connectivity index (χ1n) is 6.86. The van der Waals surface area contributed by atoms with Crippen molar-refractivity contribution in [3.8, 4) is 17.0 Å². The van der Waals surface area contributed by atoms with E-state index in [9.17, 15) is 0 Å². The van der Waals surface area contributed by atoms with Crippen LogP contribution in [0.1, 0.15) is 11.3 Å². The lowest BCUT2D eigenvalue weighted by molar-refractivity contribution is 0.414. The lowest BCUT2D eigenvalue weighted by Crippen LogP contribution is -2.04. The van der Waals surface area contributed by atoms with E-state index in [1.54, 1.807) is 7.11 Å². The van der Waals surface area contributed by atoms with Crippen molar-refractivity contribution >= 4 is 0 Å². The number of nitrogens with zero attached hydrogens (tertiary/aromatic N) is 3. The number of aryl methyl sites for hydroxylation is 1. The Morgan fingerprint density at radius 3 is 2.38 bits per heavy atom. The Hall–Kier alpha value is -2.62. The zero-order chi connectivity index (χ0) is 14.7. The summed E-state index contributed by atoms with van der Waals surface area (Å²) < 4.78 is 7.12. The summed E-state index contributed by atoms with van der Waals surface area (Å²) in [4.78, 5) is 0. The fraction of sp³-hybridized carbons (Fsp3) is 0.176. The summed E-state index contributed by atoms with van der Waals surface area (Å²) in [7, 11) is 1.67. The quantitative estimate of drug-likeness (QED) is 0.735. The lowest BCUT2D eigenvalue weighted by Gasteiger charge is -2.08. The van der Waals surface area contributed by atoms with Crippen LogP contribution in [0.3, 0.4) is 0 Å². The van der Waals surface area contributed by atoms with Gasteiger partial charge in [-0.1, -0.05) is 47.7 Å². The Bertz CT molecular complexity index is 718. The molecule has 0 fully saturated rings. The molecule has 4 nitrogen and oxygen atoms in total. The fourth-order valence-electron chi connectivity index (χ4n) is 2.37. The van der Waals surface area contributed by atoms with Crippen LogP contribution in [0.5, 0.6) is 5.75 Å². The van der Waals surface area contributed by atoms with Crippen LogP contribution in [0.15, 0.2) is 54.6 Å². The van der Waals surface area contributed by atoms with Crippen molar-refractivity contribution in [2.45, 2.75) is 13.5 Å². The number of hydrogen-bond donors (Lipinski definition) is 0. The standard InChI is InChI=1S/C17H17N3O/c1-13-17(15-6-4-3-5-7-15)20(19-18-13)12-14-8-10-16(21-2)11-9-14/h3-11H,12H2,1-2H3. The van der Waals surface area contributed by atoms with Crippen molar-refractivity contribution in [3.63, 3.8) is 0 Å². The highest BCUT2D eigenvalue weighted by atomic mass is 16.5. The fourth-order valence-corrected chi connectivity index (χ4v) is 2.37. The summed E-state index contributed by atoms with van der Waals surface area (Å²) in [6.07, 6.45) is 0. The highest BCUT2D eigenvalue weighted by Gasteiger charge is 2.11. The van der Waals surface area contributed by atoms with Gasteiger partial charge in [0.2, 0.25) is 0 Å². The highest BCUT2D eigenvalue weighted by molar-refractivity contribution is 5.61. The van der Waals surface area contributed by atoms with E-state index in [4.69, 9.17) is 4.74 Å². The molecular formula is C17H17N3O. The third-order valence-corrected chi connectivity index (χ3v) is 3.44. The van der Waals surface area contributed by atoms with Crippen molar-refractivity contribution in [1.82, 2.24) is 15.0 Å². The van der Waals surface area contributed by atoms with Gasteiger partial charge in [0, 0.05) is 5.56 Å². The normalized spacial score (nSPS) is 10.6. The molecule has 0 spiro atoms. The Morgan fingerprint density at radius 1 is 1.00 bits per heavy atom. The molecule has 0 saturated carbocycles. The molecule has 21 heavy (non-hydrogen) atoms. The molecule has 4 heteroatoms. The minimum atomic E-state index is 0.690. The van der Waals surface area contributed by atoms with Crippen LogP contribution in [-0.4, -0.2) is 22.1 Å². The predicted molar refractivity (Wildman–Crippen MR) is 82.3 cm³/mol. The van der Waals surface area contributed by atoms with Gasteiger partial charge in [0.25, 0.3) is 0 Å². The van der Waals surface area contributed by atoms with Gasteiger partial charge in [-0.05, 0) is 24.6 Å². The molecule has 3 aromatic rings. The second-order valence-electron chi connectivity index (χ2n) is 4.90. The number of rotatable bonds is 4. The van der Waals surface area contributed by atoms with Crippen LogP contribution in [0.2, 0.25) is 0 Å². The Kier molecular flexibility index (Phi) is 3.69. The molecule has 0 aliphatic rings. The van der Waals surface area contributed by atoms with Crippen molar-refractivity contribution in [2.75, 3.05) is 7.11 Å². The second-order valence-corrected chi connectivity index (χ2v) is 4.90. The van der Waals surface area contributed by atoms with Gasteiger partial charge in [-0.2, -0.15) is 0 Å². The van der Waals surface area contributed by atoms with E-state index in [0.717, 1.165) is 28.3 Å². The Morgan fingerprint density at radius 2 is 1.71 bits per heavy atom. The van der Waals surface area contributed by atoms with Crippen molar-refractivity contribution in [2.24, 2.45) is 0 Å². The SMILES string of the molecule is COc1ccc(Cn2nnc(C)c2-c2ccccc2)cc1. The molecule has 0 amide bonds. The third kappa shape index (κ3) is 2.79. The second kappa shape index (κ2) is 5.79. The molecule has 2 aromatic carbocycles. The Labute approximate surface area is 124 Å². The van der Waals surface area contributed by atoms with E-state index in [1.165, 1.54) is 0 Å². The van der Waals surface area contributed by atoms with Crippen LogP contribution < -0.4 is 4.74 Å². The van der Waals surface area contributed by atoms with E-state index in [-0.39, 0.29) is 0 Å². The summed E-state index contributed by atoms with van der Waals surface area (Å²) in [5, 5.41) is 8.48. The first-order valence-corrected chi connectivity index (χ1v) is 6.86. The van der Waals surface area contributed by atoms with Crippen LogP contribution in [0.4, 0.5) is 0 Å². The number of ether oxygens (including phenoxy) is 1. The summed E-state index contributed by atoms with van der Waals surface area (Å²) in [5.41, 5.74) is 4.30. The third-order valence-electron chi connectivity index (χ3n) is 3.44. The van der Waals surface area contributed by atoms with Crippen LogP contribution >= 0.6 is 0 Å². The van der Waals surface area contributed by atoms with Gasteiger partial charge < -0.3 is 4.74 Å². The zero-order valence-corrected chi connectivity index (χ0v) is 12.2. The number of methoxy groups -OCH3 is 1. The molecule has 1 heterocycles. The molecule has 0 aliphatic heterocycles. The maximum absolute atomic E-state index is 5.18. The van der Waals surface area contributed by atoms with Gasteiger partial charge in [-0.25, -0.2) is 4.68 Å². The van der Waals surface area contributed by atoms with E-state index in [1.807, 2.05) is 54.1 Å². The van der Waals surface area contributed by atoms with Gasteiger partial charge in [0.15, 0.2) is 0 Å². The zero-order valence-electron chi connectivity index (χ0n) is 12.2. The average Bonchev–Trinajstić information content (AvgIpc) is 2.89. The van der Waals surface area contributed by atoms with Crippen LogP contribution in [0.25, 0.3) is 11.3 Å². The minimum absolute atomic E-state index is 0.690. The molecule has 1 aromatic heterocycles. The van der Waals surface area contributed by atoms with E-state index < -0.39 is 0 Å². The molecule has 0 N–H and O–H groups in total. The number of aromatic nitrogens is 3. The van der Waals surface area contributed by atoms with Gasteiger partial charge in [0.1, 0.15) is 5.75 Å². The summed E-state index contributed by atoms with van der Waals surface area (Å²) in [6, 6.07) is 18.2. The molecule has 0 radical (unpaired) electrons. The molecule has 0 atom stereocenters. The predicted octanol–water partition coefficient (Wildman–Crippen LogP) is 3.31. The van der Waals surface area contributed by atoms with Crippen LogP contribution in [-0.2, 0) is 6.54 Å². The summed E-state index contributed by atoms with van der Waals surface area (Å²) in [5.74, 6) is 0.858. The van der Waals surface area contributed by atoms with E-state index in [0.29, 0.717) is 6.54 Å². The van der Waals surface area contributed by atoms with Crippen molar-refractivity contribution in [1.29, 1.82) is 0 Å². The van der Waals surface area contributed by atoms with E-state index in [2.05, 4.69) is 22.4 Å². The summed E-state index contributed by atoms with van der Waals surface area (Å²) >= 11 is 0. The molecule has 0 saturated heterocycles. The smallest absolute Gasteiger partial charge is 0.118 e. The molecule has 0 aliphatic carbocycles. The molecule has 0 bridgehead atoms. The van der Waals surface area contributed by atoms with Crippen LogP contribution in [0, 0.1) is 6.92 Å². The first-order chi connectivity index (χ1) is 10.3. The monoisotopic (exact) mass is 279 g/mol. The molecule has 0 unspecified atom stereocenters. The van der Waals surface area contributed by atoms with Gasteiger partial charge in [0.05, 0.1) is 25.0 Å². The van der Waals surface area contributed by atoms with E-state index >= 15 is 0 Å². The lowest BCUT2D eigenvalue weighted by atomic mass is 10.1. The largest absolute Gasteiger partial charge is 0.497 e. The van der Waals surface area contributed by atoms with Gasteiger partial charge in [-0.15, -0.1) is 5.10 Å². The minimum Gasteiger partial charge on any atom is -0.497 e. The molecular weight excluding hydrogens is 262 g/mol. The maximum Gasteiger partial charge on any atom is 0.118 e. The molecule has 3 rings (SSSR count). The average molecular weight is 279 g/mol. The molecule has 106 valence electrons. The number of benzene rings is 2. The van der Waals surface area contributed by atoms with Crippen molar-refractivity contribution < 1.29 is 4.74 Å². The maximum atomic E-state index is 5.18. The number of hydrogen-bond acceptors (Lipinski definition) is 3.